The zero-order chi connectivity index (χ0) is 28.7. The van der Waals surface area contributed by atoms with E-state index in [9.17, 15) is 14.9 Å². The number of fused-ring (bicyclic) bond motifs is 1. The van der Waals surface area contributed by atoms with Gasteiger partial charge in [-0.25, -0.2) is 14.8 Å². The van der Waals surface area contributed by atoms with Crippen molar-refractivity contribution in [2.45, 2.75) is 45.6 Å². The quantitative estimate of drug-likeness (QED) is 0.452. The number of likely N-dealkylation sites (N-methyl/N-ethyl adjacent to an activating group) is 2. The van der Waals surface area contributed by atoms with Crippen LogP contribution in [0.5, 0.6) is 5.75 Å². The number of amides is 3. The van der Waals surface area contributed by atoms with Crippen LogP contribution in [-0.4, -0.2) is 86.3 Å². The topological polar surface area (TPSA) is 133 Å². The molecule has 2 aromatic rings. The summed E-state index contributed by atoms with van der Waals surface area (Å²) in [4.78, 5) is 40.1. The monoisotopic (exact) mass is 539 g/mol. The fraction of sp³-hybridized carbons (Fsp3) is 0.519. The number of nitrogens with zero attached hydrogens (tertiary/aromatic N) is 6. The molecule has 12 heteroatoms. The smallest absolute Gasteiger partial charge is 0.328 e. The molecular formula is C27H37N7O5. The molecule has 0 spiro atoms. The highest BCUT2D eigenvalue weighted by atomic mass is 16.7. The van der Waals surface area contributed by atoms with E-state index in [1.54, 1.807) is 16.8 Å². The Morgan fingerprint density at radius 1 is 1.21 bits per heavy atom. The second-order valence-electron chi connectivity index (χ2n) is 9.84. The van der Waals surface area contributed by atoms with Gasteiger partial charge < -0.3 is 24.0 Å². The summed E-state index contributed by atoms with van der Waals surface area (Å²) >= 11 is 0. The molecule has 0 fully saturated rings. The van der Waals surface area contributed by atoms with Gasteiger partial charge in [-0.05, 0) is 58.0 Å². The van der Waals surface area contributed by atoms with Gasteiger partial charge in [0.1, 0.15) is 34.7 Å². The summed E-state index contributed by atoms with van der Waals surface area (Å²) in [6, 6.07) is 5.14. The first-order valence-electron chi connectivity index (χ1n) is 12.7. The molecule has 0 radical (unpaired) electrons. The first kappa shape index (κ1) is 29.8. The van der Waals surface area contributed by atoms with Crippen molar-refractivity contribution in [2.75, 3.05) is 58.7 Å². The third kappa shape index (κ3) is 7.41. The van der Waals surface area contributed by atoms with E-state index in [1.165, 1.54) is 26.5 Å². The highest BCUT2D eigenvalue weighted by molar-refractivity contribution is 6.01. The molecule has 0 aliphatic carbocycles. The van der Waals surface area contributed by atoms with Gasteiger partial charge in [-0.2, -0.15) is 5.26 Å². The summed E-state index contributed by atoms with van der Waals surface area (Å²) in [7, 11) is 8.45. The molecule has 210 valence electrons. The van der Waals surface area contributed by atoms with Crippen molar-refractivity contribution in [2.24, 2.45) is 0 Å². The van der Waals surface area contributed by atoms with Gasteiger partial charge in [0.25, 0.3) is 0 Å². The van der Waals surface area contributed by atoms with Gasteiger partial charge in [0.05, 0.1) is 18.8 Å². The Bertz CT molecular complexity index is 1220. The molecule has 2 aromatic heterocycles. The van der Waals surface area contributed by atoms with Gasteiger partial charge >= 0.3 is 6.03 Å². The number of rotatable bonds is 10. The van der Waals surface area contributed by atoms with Crippen LogP contribution in [0.2, 0.25) is 0 Å². The molecule has 1 N–H and O–H groups in total. The molecule has 0 saturated heterocycles. The van der Waals surface area contributed by atoms with E-state index in [0.717, 1.165) is 24.0 Å². The zero-order valence-corrected chi connectivity index (χ0v) is 23.6. The van der Waals surface area contributed by atoms with E-state index in [2.05, 4.69) is 10.3 Å². The first-order valence-corrected chi connectivity index (χ1v) is 12.7. The highest BCUT2D eigenvalue weighted by Crippen LogP contribution is 2.32. The molecule has 0 atom stereocenters. The molecule has 1 aliphatic heterocycles. The van der Waals surface area contributed by atoms with Gasteiger partial charge in [-0.1, -0.05) is 0 Å². The summed E-state index contributed by atoms with van der Waals surface area (Å²) in [6.45, 7) is 4.74. The van der Waals surface area contributed by atoms with E-state index in [0.29, 0.717) is 30.4 Å². The van der Waals surface area contributed by atoms with Crippen molar-refractivity contribution < 1.29 is 23.8 Å². The number of pyridine rings is 2. The number of ether oxygens (including phenoxy) is 3. The molecular weight excluding hydrogens is 502 g/mol. The summed E-state index contributed by atoms with van der Waals surface area (Å²) < 4.78 is 16.7. The van der Waals surface area contributed by atoms with Crippen LogP contribution in [0.15, 0.2) is 18.3 Å². The standard InChI is InChI=1S/C27H37N7O5/c1-17(2)39-21-12-22(29-14-20(21)13-28)30-27(36)34-10-8-9-18-11-19(15-33(5)23(35)16-32(3)4)24(31-25(18)34)26(37-6)38-7/h11-12,14,17,26H,8-10,15-16H2,1-7H3,(H,29,30,36). The largest absolute Gasteiger partial charge is 0.489 e. The van der Waals surface area contributed by atoms with Crippen LogP contribution >= 0.6 is 0 Å². The summed E-state index contributed by atoms with van der Waals surface area (Å²) in [5.41, 5.74) is 2.44. The summed E-state index contributed by atoms with van der Waals surface area (Å²) in [6.07, 6.45) is 1.89. The summed E-state index contributed by atoms with van der Waals surface area (Å²) in [5.74, 6) is 1.06. The number of nitriles is 1. The van der Waals surface area contributed by atoms with E-state index in [4.69, 9.17) is 19.2 Å². The Morgan fingerprint density at radius 2 is 1.92 bits per heavy atom. The molecule has 1 aliphatic rings. The van der Waals surface area contributed by atoms with Crippen molar-refractivity contribution in [1.82, 2.24) is 19.8 Å². The molecule has 3 heterocycles. The number of hydrogen-bond acceptors (Lipinski definition) is 9. The van der Waals surface area contributed by atoms with Gasteiger partial charge in [0.15, 0.2) is 0 Å². The molecule has 0 saturated carbocycles. The minimum atomic E-state index is -0.787. The van der Waals surface area contributed by atoms with Crippen molar-refractivity contribution >= 4 is 23.6 Å². The van der Waals surface area contributed by atoms with Crippen molar-refractivity contribution in [3.05, 3.63) is 40.7 Å². The second-order valence-corrected chi connectivity index (χ2v) is 9.84. The van der Waals surface area contributed by atoms with E-state index in [1.807, 2.05) is 45.0 Å². The SMILES string of the molecule is COC(OC)c1nc2c(cc1CN(C)C(=O)CN(C)C)CCCN2C(=O)Nc1cc(OC(C)C)c(C#N)cn1. The molecule has 0 bridgehead atoms. The molecule has 0 unspecified atom stereocenters. The maximum absolute atomic E-state index is 13.4. The van der Waals surface area contributed by atoms with E-state index >= 15 is 0 Å². The predicted octanol–water partition coefficient (Wildman–Crippen LogP) is 2.93. The molecule has 39 heavy (non-hydrogen) atoms. The Labute approximate surface area is 229 Å². The second kappa shape index (κ2) is 13.3. The van der Waals surface area contributed by atoms with Crippen LogP contribution < -0.4 is 15.0 Å². The molecule has 12 nitrogen and oxygen atoms in total. The Morgan fingerprint density at radius 3 is 2.54 bits per heavy atom. The Hall–Kier alpha value is -3.79. The fourth-order valence-corrected chi connectivity index (χ4v) is 4.26. The lowest BCUT2D eigenvalue weighted by atomic mass is 10.0. The lowest BCUT2D eigenvalue weighted by molar-refractivity contribution is -0.131. The molecule has 3 rings (SSSR count). The van der Waals surface area contributed by atoms with Crippen molar-refractivity contribution in [1.29, 1.82) is 5.26 Å². The van der Waals surface area contributed by atoms with Gasteiger partial charge in [-0.3, -0.25) is 15.0 Å². The Kier molecular flexibility index (Phi) is 10.2. The maximum atomic E-state index is 13.4. The Balaban J connectivity index is 1.93. The lowest BCUT2D eigenvalue weighted by Gasteiger charge is -2.31. The minimum absolute atomic E-state index is 0.0354. The number of aryl methyl sites for hydroxylation is 1. The van der Waals surface area contributed by atoms with Crippen LogP contribution in [0, 0.1) is 11.3 Å². The third-order valence-corrected chi connectivity index (χ3v) is 6.04. The van der Waals surface area contributed by atoms with E-state index in [-0.39, 0.29) is 29.9 Å². The molecule has 3 amide bonds. The number of carbonyl (C=O) groups excluding carboxylic acids is 2. The predicted molar refractivity (Wildman–Crippen MR) is 145 cm³/mol. The number of anilines is 2. The number of aromatic nitrogens is 2. The zero-order valence-electron chi connectivity index (χ0n) is 23.6. The van der Waals surface area contributed by atoms with Crippen LogP contribution in [-0.2, 0) is 27.2 Å². The third-order valence-electron chi connectivity index (χ3n) is 6.04. The number of urea groups is 1. The van der Waals surface area contributed by atoms with Gasteiger partial charge in [0.2, 0.25) is 12.2 Å². The number of methoxy groups -OCH3 is 2. The number of nitrogens with one attached hydrogen (secondary N) is 1. The minimum Gasteiger partial charge on any atom is -0.489 e. The van der Waals surface area contributed by atoms with Gasteiger partial charge in [0, 0.05) is 40.4 Å². The average molecular weight is 540 g/mol. The number of hydrogen-bond donors (Lipinski definition) is 1. The fourth-order valence-electron chi connectivity index (χ4n) is 4.26. The van der Waals surface area contributed by atoms with E-state index < -0.39 is 12.3 Å². The van der Waals surface area contributed by atoms with Crippen molar-refractivity contribution in [3.8, 4) is 11.8 Å². The average Bonchev–Trinajstić information content (AvgIpc) is 2.88. The lowest BCUT2D eigenvalue weighted by Crippen LogP contribution is -2.40. The molecule has 0 aromatic carbocycles. The van der Waals surface area contributed by atoms with Crippen LogP contribution in [0.25, 0.3) is 0 Å². The normalized spacial score (nSPS) is 12.9. The van der Waals surface area contributed by atoms with Crippen molar-refractivity contribution in [3.63, 3.8) is 0 Å². The first-order chi connectivity index (χ1) is 18.6. The number of carbonyl (C=O) groups is 2. The highest BCUT2D eigenvalue weighted by Gasteiger charge is 2.29. The summed E-state index contributed by atoms with van der Waals surface area (Å²) in [5, 5.41) is 12.2. The van der Waals surface area contributed by atoms with Crippen LogP contribution in [0.3, 0.4) is 0 Å². The maximum Gasteiger partial charge on any atom is 0.328 e. The van der Waals surface area contributed by atoms with Crippen LogP contribution in [0.1, 0.15) is 48.9 Å². The van der Waals surface area contributed by atoms with Gasteiger partial charge in [-0.15, -0.1) is 0 Å². The van der Waals surface area contributed by atoms with Crippen LogP contribution in [0.4, 0.5) is 16.4 Å².